The fourth-order valence-electron chi connectivity index (χ4n) is 1.98. The summed E-state index contributed by atoms with van der Waals surface area (Å²) in [5, 5.41) is 3.53. The van der Waals surface area contributed by atoms with Gasteiger partial charge in [-0.25, -0.2) is 0 Å². The Morgan fingerprint density at radius 2 is 1.92 bits per heavy atom. The molecule has 78 valence electrons. The van der Waals surface area contributed by atoms with E-state index in [-0.39, 0.29) is 5.54 Å². The van der Waals surface area contributed by atoms with Crippen molar-refractivity contribution in [2.45, 2.75) is 52.1 Å². The van der Waals surface area contributed by atoms with Crippen LogP contribution >= 0.6 is 0 Å². The molecule has 1 aliphatic carbocycles. The van der Waals surface area contributed by atoms with Gasteiger partial charge >= 0.3 is 0 Å². The molecule has 0 radical (unpaired) electrons. The third kappa shape index (κ3) is 3.65. The highest BCUT2D eigenvalue weighted by Crippen LogP contribution is 2.27. The number of likely N-dealkylation sites (N-methyl/N-ethyl adjacent to an activating group) is 2. The molecule has 2 heteroatoms. The lowest BCUT2D eigenvalue weighted by molar-refractivity contribution is 0.202. The topological polar surface area (TPSA) is 15.3 Å². The van der Waals surface area contributed by atoms with E-state index in [0.717, 1.165) is 12.6 Å². The molecule has 13 heavy (non-hydrogen) atoms. The Kier molecular flexibility index (Phi) is 3.74. The van der Waals surface area contributed by atoms with Crippen LogP contribution in [0.15, 0.2) is 0 Å². The zero-order chi connectivity index (χ0) is 9.90. The van der Waals surface area contributed by atoms with Crippen molar-refractivity contribution < 1.29 is 0 Å². The molecule has 0 amide bonds. The van der Waals surface area contributed by atoms with Crippen molar-refractivity contribution >= 4 is 0 Å². The molecule has 0 spiro atoms. The maximum absolute atomic E-state index is 3.53. The minimum Gasteiger partial charge on any atom is -0.311 e. The zero-order valence-corrected chi connectivity index (χ0v) is 9.56. The van der Waals surface area contributed by atoms with Gasteiger partial charge in [-0.1, -0.05) is 13.8 Å². The Hall–Kier alpha value is -0.0800. The average Bonchev–Trinajstić information content (AvgIpc) is 2.82. The first-order chi connectivity index (χ1) is 6.09. The number of nitrogens with zero attached hydrogens (tertiary/aromatic N) is 1. The van der Waals surface area contributed by atoms with E-state index in [1.165, 1.54) is 25.9 Å². The van der Waals surface area contributed by atoms with Gasteiger partial charge < -0.3 is 5.32 Å². The van der Waals surface area contributed by atoms with Gasteiger partial charge in [-0.05, 0) is 39.8 Å². The molecule has 1 fully saturated rings. The first-order valence-corrected chi connectivity index (χ1v) is 5.58. The van der Waals surface area contributed by atoms with Crippen LogP contribution in [0.4, 0.5) is 0 Å². The third-order valence-electron chi connectivity index (χ3n) is 2.72. The predicted molar refractivity (Wildman–Crippen MR) is 58.0 cm³/mol. The minimum absolute atomic E-state index is 0.271. The number of hydrogen-bond acceptors (Lipinski definition) is 2. The highest BCUT2D eigenvalue weighted by molar-refractivity contribution is 4.89. The van der Waals surface area contributed by atoms with Crippen molar-refractivity contribution in [3.05, 3.63) is 0 Å². The molecule has 0 aromatic heterocycles. The second kappa shape index (κ2) is 4.43. The van der Waals surface area contributed by atoms with E-state index >= 15 is 0 Å². The van der Waals surface area contributed by atoms with Crippen LogP contribution in [0.2, 0.25) is 0 Å². The van der Waals surface area contributed by atoms with Gasteiger partial charge in [-0.2, -0.15) is 0 Å². The van der Waals surface area contributed by atoms with Crippen molar-refractivity contribution in [1.29, 1.82) is 0 Å². The van der Waals surface area contributed by atoms with E-state index in [4.69, 9.17) is 0 Å². The molecule has 0 saturated heterocycles. The lowest BCUT2D eigenvalue weighted by Gasteiger charge is -2.32. The Balaban J connectivity index is 2.34. The summed E-state index contributed by atoms with van der Waals surface area (Å²) in [5.41, 5.74) is 0.271. The molecule has 0 unspecified atom stereocenters. The van der Waals surface area contributed by atoms with Crippen molar-refractivity contribution in [3.63, 3.8) is 0 Å². The van der Waals surface area contributed by atoms with Crippen LogP contribution in [-0.4, -0.2) is 36.1 Å². The predicted octanol–water partition coefficient (Wildman–Crippen LogP) is 1.86. The zero-order valence-electron chi connectivity index (χ0n) is 9.56. The Labute approximate surface area is 82.7 Å². The first-order valence-electron chi connectivity index (χ1n) is 5.58. The van der Waals surface area contributed by atoms with Gasteiger partial charge in [0.05, 0.1) is 0 Å². The molecular weight excluding hydrogens is 160 g/mol. The molecule has 1 N–H and O–H groups in total. The lowest BCUT2D eigenvalue weighted by Crippen LogP contribution is -2.49. The van der Waals surface area contributed by atoms with E-state index in [1.807, 2.05) is 0 Å². The molecule has 2 nitrogen and oxygen atoms in total. The van der Waals surface area contributed by atoms with Gasteiger partial charge in [0.25, 0.3) is 0 Å². The summed E-state index contributed by atoms with van der Waals surface area (Å²) in [6.07, 6.45) is 2.83. The second-order valence-electron chi connectivity index (χ2n) is 4.71. The largest absolute Gasteiger partial charge is 0.311 e. The standard InChI is InChI=1S/C11H24N2/c1-5-12-11(3,4)9-13(6-2)10-7-8-10/h10,12H,5-9H2,1-4H3. The Bertz CT molecular complexity index is 150. The average molecular weight is 184 g/mol. The van der Waals surface area contributed by atoms with E-state index in [9.17, 15) is 0 Å². The smallest absolute Gasteiger partial charge is 0.0252 e. The number of nitrogens with one attached hydrogen (secondary N) is 1. The second-order valence-corrected chi connectivity index (χ2v) is 4.71. The normalized spacial score (nSPS) is 18.2. The molecule has 0 atom stereocenters. The van der Waals surface area contributed by atoms with E-state index < -0.39 is 0 Å². The molecule has 0 aliphatic heterocycles. The third-order valence-corrected chi connectivity index (χ3v) is 2.72. The van der Waals surface area contributed by atoms with Crippen molar-refractivity contribution in [2.24, 2.45) is 0 Å². The van der Waals surface area contributed by atoms with Crippen LogP contribution in [-0.2, 0) is 0 Å². The Morgan fingerprint density at radius 3 is 2.31 bits per heavy atom. The minimum atomic E-state index is 0.271. The highest BCUT2D eigenvalue weighted by atomic mass is 15.2. The van der Waals surface area contributed by atoms with Gasteiger partial charge in [0, 0.05) is 18.1 Å². The SMILES string of the molecule is CCNC(C)(C)CN(CC)C1CC1. The quantitative estimate of drug-likeness (QED) is 0.678. The van der Waals surface area contributed by atoms with E-state index in [0.29, 0.717) is 0 Å². The summed E-state index contributed by atoms with van der Waals surface area (Å²) >= 11 is 0. The van der Waals surface area contributed by atoms with Crippen molar-refractivity contribution in [1.82, 2.24) is 10.2 Å². The molecule has 1 aliphatic rings. The molecule has 0 aromatic carbocycles. The van der Waals surface area contributed by atoms with E-state index in [2.05, 4.69) is 37.9 Å². The summed E-state index contributed by atoms with van der Waals surface area (Å²) in [4.78, 5) is 2.60. The molecule has 0 aromatic rings. The maximum Gasteiger partial charge on any atom is 0.0252 e. The van der Waals surface area contributed by atoms with Crippen LogP contribution in [0.1, 0.15) is 40.5 Å². The van der Waals surface area contributed by atoms with Gasteiger partial charge in [-0.3, -0.25) is 4.90 Å². The van der Waals surface area contributed by atoms with Crippen LogP contribution in [0.5, 0.6) is 0 Å². The van der Waals surface area contributed by atoms with Crippen LogP contribution in [0.3, 0.4) is 0 Å². The van der Waals surface area contributed by atoms with Crippen LogP contribution < -0.4 is 5.32 Å². The van der Waals surface area contributed by atoms with Crippen LogP contribution in [0.25, 0.3) is 0 Å². The highest BCUT2D eigenvalue weighted by Gasteiger charge is 2.31. The van der Waals surface area contributed by atoms with Gasteiger partial charge in [0.15, 0.2) is 0 Å². The molecule has 0 heterocycles. The number of hydrogen-bond donors (Lipinski definition) is 1. The Morgan fingerprint density at radius 1 is 1.31 bits per heavy atom. The van der Waals surface area contributed by atoms with E-state index in [1.54, 1.807) is 0 Å². The van der Waals surface area contributed by atoms with Gasteiger partial charge in [-0.15, -0.1) is 0 Å². The molecule has 1 saturated carbocycles. The lowest BCUT2D eigenvalue weighted by atomic mass is 10.0. The monoisotopic (exact) mass is 184 g/mol. The summed E-state index contributed by atoms with van der Waals surface area (Å²) in [5.74, 6) is 0. The summed E-state index contributed by atoms with van der Waals surface area (Å²) in [6.45, 7) is 12.5. The molecule has 0 bridgehead atoms. The first kappa shape index (κ1) is 11.0. The van der Waals surface area contributed by atoms with Gasteiger partial charge in [0.1, 0.15) is 0 Å². The molecule has 1 rings (SSSR count). The fourth-order valence-corrected chi connectivity index (χ4v) is 1.98. The van der Waals surface area contributed by atoms with Gasteiger partial charge in [0.2, 0.25) is 0 Å². The summed E-state index contributed by atoms with van der Waals surface area (Å²) < 4.78 is 0. The van der Waals surface area contributed by atoms with Crippen LogP contribution in [0, 0.1) is 0 Å². The maximum atomic E-state index is 3.53. The number of rotatable bonds is 6. The summed E-state index contributed by atoms with van der Waals surface area (Å²) in [7, 11) is 0. The molecular formula is C11H24N2. The van der Waals surface area contributed by atoms with Crippen molar-refractivity contribution in [2.75, 3.05) is 19.6 Å². The fraction of sp³-hybridized carbons (Fsp3) is 1.00. The summed E-state index contributed by atoms with van der Waals surface area (Å²) in [6, 6.07) is 0.892. The van der Waals surface area contributed by atoms with Crippen molar-refractivity contribution in [3.8, 4) is 0 Å².